The van der Waals surface area contributed by atoms with Crippen LogP contribution in [0, 0.1) is 0 Å². The second-order valence-electron chi connectivity index (χ2n) is 3.89. The van der Waals surface area contributed by atoms with Gasteiger partial charge in [0.2, 0.25) is 0 Å². The molecule has 7 heteroatoms. The van der Waals surface area contributed by atoms with Crippen LogP contribution in [0.3, 0.4) is 0 Å². The molecule has 0 radical (unpaired) electrons. The van der Waals surface area contributed by atoms with Crippen molar-refractivity contribution in [3.8, 4) is 0 Å². The molecule has 0 saturated carbocycles. The van der Waals surface area contributed by atoms with E-state index in [1.165, 1.54) is 18.4 Å². The Kier molecular flexibility index (Phi) is 8.17. The standard InChI is InChI=1S/C13H22N2O4S/c1-4-18-8-6-15(7-9-19-5-2)13-14-11(10-20-13)12(16)17-3/h10H,4-9H2,1-3H3. The van der Waals surface area contributed by atoms with Crippen LogP contribution in [0.1, 0.15) is 24.3 Å². The van der Waals surface area contributed by atoms with Crippen molar-refractivity contribution in [2.24, 2.45) is 0 Å². The first kappa shape index (κ1) is 16.9. The van der Waals surface area contributed by atoms with Crippen molar-refractivity contribution in [1.29, 1.82) is 0 Å². The molecule has 114 valence electrons. The number of carbonyl (C=O) groups excluding carboxylic acids is 1. The lowest BCUT2D eigenvalue weighted by Crippen LogP contribution is -2.31. The van der Waals surface area contributed by atoms with Gasteiger partial charge in [-0.25, -0.2) is 9.78 Å². The third-order valence-electron chi connectivity index (χ3n) is 2.58. The van der Waals surface area contributed by atoms with Crippen molar-refractivity contribution < 1.29 is 19.0 Å². The van der Waals surface area contributed by atoms with E-state index >= 15 is 0 Å². The van der Waals surface area contributed by atoms with Crippen molar-refractivity contribution in [3.05, 3.63) is 11.1 Å². The number of hydrogen-bond acceptors (Lipinski definition) is 7. The molecule has 0 amide bonds. The number of aromatic nitrogens is 1. The number of esters is 1. The summed E-state index contributed by atoms with van der Waals surface area (Å²) in [7, 11) is 1.35. The van der Waals surface area contributed by atoms with E-state index in [1.54, 1.807) is 5.38 Å². The molecule has 1 heterocycles. The first-order chi connectivity index (χ1) is 9.72. The number of thiazole rings is 1. The maximum absolute atomic E-state index is 11.4. The van der Waals surface area contributed by atoms with Gasteiger partial charge in [0, 0.05) is 31.7 Å². The van der Waals surface area contributed by atoms with E-state index in [0.717, 1.165) is 18.2 Å². The number of methoxy groups -OCH3 is 1. The van der Waals surface area contributed by atoms with Gasteiger partial charge in [-0.05, 0) is 13.8 Å². The SMILES string of the molecule is CCOCCN(CCOCC)c1nc(C(=O)OC)cs1. The number of nitrogens with zero attached hydrogens (tertiary/aromatic N) is 2. The fourth-order valence-corrected chi connectivity index (χ4v) is 2.40. The molecule has 6 nitrogen and oxygen atoms in total. The number of rotatable bonds is 10. The highest BCUT2D eigenvalue weighted by Crippen LogP contribution is 2.20. The Morgan fingerprint density at radius 2 is 1.85 bits per heavy atom. The number of hydrogen-bond donors (Lipinski definition) is 0. The Morgan fingerprint density at radius 3 is 2.35 bits per heavy atom. The average Bonchev–Trinajstić information content (AvgIpc) is 2.95. The molecule has 0 bridgehead atoms. The fourth-order valence-electron chi connectivity index (χ4n) is 1.55. The summed E-state index contributed by atoms with van der Waals surface area (Å²) in [5.41, 5.74) is 0.338. The van der Waals surface area contributed by atoms with E-state index in [1.807, 2.05) is 13.8 Å². The van der Waals surface area contributed by atoms with Crippen LogP contribution in [-0.2, 0) is 14.2 Å². The highest BCUT2D eigenvalue weighted by atomic mass is 32.1. The fraction of sp³-hybridized carbons (Fsp3) is 0.692. The van der Waals surface area contributed by atoms with Gasteiger partial charge in [-0.3, -0.25) is 0 Å². The molecule has 0 unspecified atom stereocenters. The zero-order valence-corrected chi connectivity index (χ0v) is 13.1. The summed E-state index contributed by atoms with van der Waals surface area (Å²) in [5, 5.41) is 2.49. The van der Waals surface area contributed by atoms with Crippen LogP contribution in [0.25, 0.3) is 0 Å². The molecule has 1 rings (SSSR count). The van der Waals surface area contributed by atoms with Crippen molar-refractivity contribution in [2.45, 2.75) is 13.8 Å². The zero-order valence-electron chi connectivity index (χ0n) is 12.3. The second kappa shape index (κ2) is 9.68. The van der Waals surface area contributed by atoms with E-state index in [0.29, 0.717) is 32.1 Å². The number of anilines is 1. The molecular weight excluding hydrogens is 280 g/mol. The smallest absolute Gasteiger partial charge is 0.357 e. The van der Waals surface area contributed by atoms with Gasteiger partial charge in [-0.2, -0.15) is 0 Å². The largest absolute Gasteiger partial charge is 0.464 e. The van der Waals surface area contributed by atoms with Crippen LogP contribution in [0.4, 0.5) is 5.13 Å². The number of carbonyl (C=O) groups is 1. The molecule has 1 aromatic heterocycles. The molecule has 1 aromatic rings. The monoisotopic (exact) mass is 302 g/mol. The van der Waals surface area contributed by atoms with E-state index in [4.69, 9.17) is 9.47 Å². The molecule has 0 aliphatic rings. The van der Waals surface area contributed by atoms with Gasteiger partial charge in [0.1, 0.15) is 0 Å². The van der Waals surface area contributed by atoms with Crippen LogP contribution < -0.4 is 4.90 Å². The lowest BCUT2D eigenvalue weighted by atomic mass is 10.5. The summed E-state index contributed by atoms with van der Waals surface area (Å²) in [6.45, 7) is 7.97. The lowest BCUT2D eigenvalue weighted by Gasteiger charge is -2.21. The predicted octanol–water partition coefficient (Wildman–Crippen LogP) is 1.81. The molecule has 0 aliphatic carbocycles. The van der Waals surface area contributed by atoms with Crippen LogP contribution in [-0.4, -0.2) is 57.6 Å². The second-order valence-corrected chi connectivity index (χ2v) is 4.72. The Labute approximate surface area is 123 Å². The Hall–Kier alpha value is -1.18. The molecule has 0 spiro atoms. The molecule has 0 fully saturated rings. The van der Waals surface area contributed by atoms with Gasteiger partial charge >= 0.3 is 5.97 Å². The molecule has 0 aliphatic heterocycles. The summed E-state index contributed by atoms with van der Waals surface area (Å²) in [6, 6.07) is 0. The predicted molar refractivity (Wildman–Crippen MR) is 78.7 cm³/mol. The van der Waals surface area contributed by atoms with Gasteiger partial charge < -0.3 is 19.1 Å². The van der Waals surface area contributed by atoms with Crippen LogP contribution in [0.2, 0.25) is 0 Å². The molecular formula is C13H22N2O4S. The van der Waals surface area contributed by atoms with Crippen molar-refractivity contribution in [2.75, 3.05) is 51.5 Å². The average molecular weight is 302 g/mol. The Balaban J connectivity index is 2.64. The van der Waals surface area contributed by atoms with Crippen molar-refractivity contribution >= 4 is 22.4 Å². The molecule has 20 heavy (non-hydrogen) atoms. The van der Waals surface area contributed by atoms with Crippen LogP contribution in [0.5, 0.6) is 0 Å². The maximum atomic E-state index is 11.4. The van der Waals surface area contributed by atoms with E-state index in [2.05, 4.69) is 14.6 Å². The van der Waals surface area contributed by atoms with E-state index < -0.39 is 5.97 Å². The highest BCUT2D eigenvalue weighted by Gasteiger charge is 2.15. The quantitative estimate of drug-likeness (QED) is 0.485. The van der Waals surface area contributed by atoms with Gasteiger partial charge in [0.05, 0.1) is 20.3 Å². The minimum atomic E-state index is -0.415. The highest BCUT2D eigenvalue weighted by molar-refractivity contribution is 7.13. The van der Waals surface area contributed by atoms with Crippen LogP contribution >= 0.6 is 11.3 Å². The van der Waals surface area contributed by atoms with Gasteiger partial charge in [0.25, 0.3) is 0 Å². The Morgan fingerprint density at radius 1 is 1.25 bits per heavy atom. The topological polar surface area (TPSA) is 60.9 Å². The first-order valence-electron chi connectivity index (χ1n) is 6.67. The zero-order chi connectivity index (χ0) is 14.8. The Bertz CT molecular complexity index is 387. The van der Waals surface area contributed by atoms with Gasteiger partial charge in [0.15, 0.2) is 10.8 Å². The molecule has 0 N–H and O–H groups in total. The van der Waals surface area contributed by atoms with E-state index in [-0.39, 0.29) is 0 Å². The van der Waals surface area contributed by atoms with Crippen molar-refractivity contribution in [1.82, 2.24) is 4.98 Å². The molecule has 0 aromatic carbocycles. The molecule has 0 saturated heterocycles. The first-order valence-corrected chi connectivity index (χ1v) is 7.55. The molecule has 0 atom stereocenters. The third kappa shape index (κ3) is 5.44. The third-order valence-corrected chi connectivity index (χ3v) is 3.48. The van der Waals surface area contributed by atoms with E-state index in [9.17, 15) is 4.79 Å². The van der Waals surface area contributed by atoms with Crippen LogP contribution in [0.15, 0.2) is 5.38 Å². The minimum Gasteiger partial charge on any atom is -0.464 e. The maximum Gasteiger partial charge on any atom is 0.357 e. The normalized spacial score (nSPS) is 10.6. The lowest BCUT2D eigenvalue weighted by molar-refractivity contribution is 0.0595. The van der Waals surface area contributed by atoms with Crippen molar-refractivity contribution in [3.63, 3.8) is 0 Å². The summed E-state index contributed by atoms with van der Waals surface area (Å²) < 4.78 is 15.4. The number of ether oxygens (including phenoxy) is 3. The summed E-state index contributed by atoms with van der Waals surface area (Å²) >= 11 is 1.42. The van der Waals surface area contributed by atoms with Gasteiger partial charge in [-0.1, -0.05) is 0 Å². The minimum absolute atomic E-state index is 0.338. The summed E-state index contributed by atoms with van der Waals surface area (Å²) in [5.74, 6) is -0.415. The summed E-state index contributed by atoms with van der Waals surface area (Å²) in [4.78, 5) is 17.8. The van der Waals surface area contributed by atoms with Gasteiger partial charge in [-0.15, -0.1) is 11.3 Å². The summed E-state index contributed by atoms with van der Waals surface area (Å²) in [6.07, 6.45) is 0.